The molecule has 1 fully saturated rings. The van der Waals surface area contributed by atoms with Crippen molar-refractivity contribution < 1.29 is 9.84 Å². The Kier molecular flexibility index (Phi) is 6.15. The third-order valence-electron chi connectivity index (χ3n) is 7.02. The van der Waals surface area contributed by atoms with Gasteiger partial charge in [0.1, 0.15) is 11.9 Å². The molecule has 27 heavy (non-hydrogen) atoms. The highest BCUT2D eigenvalue weighted by Crippen LogP contribution is 2.45. The average Bonchev–Trinajstić information content (AvgIpc) is 3.43. The summed E-state index contributed by atoms with van der Waals surface area (Å²) in [5, 5.41) is 11.2. The maximum atomic E-state index is 11.2. The molecule has 0 amide bonds. The first kappa shape index (κ1) is 20.2. The molecular formula is C25H36O2. The van der Waals surface area contributed by atoms with Crippen LogP contribution in [0.3, 0.4) is 0 Å². The van der Waals surface area contributed by atoms with Crippen LogP contribution in [-0.2, 0) is 6.42 Å². The number of benzene rings is 1. The molecule has 0 radical (unpaired) electrons. The van der Waals surface area contributed by atoms with Crippen LogP contribution in [0, 0.1) is 17.3 Å². The average molecular weight is 369 g/mol. The Labute approximate surface area is 165 Å². The fourth-order valence-corrected chi connectivity index (χ4v) is 4.31. The van der Waals surface area contributed by atoms with E-state index in [1.54, 1.807) is 7.11 Å². The van der Waals surface area contributed by atoms with Crippen molar-refractivity contribution in [3.8, 4) is 5.75 Å². The number of rotatable bonds is 8. The Bertz CT molecular complexity index is 722. The zero-order valence-corrected chi connectivity index (χ0v) is 17.7. The van der Waals surface area contributed by atoms with Gasteiger partial charge >= 0.3 is 0 Å². The summed E-state index contributed by atoms with van der Waals surface area (Å²) in [6, 6.07) is 6.21. The summed E-state index contributed by atoms with van der Waals surface area (Å²) in [5.41, 5.74) is 5.21. The lowest BCUT2D eigenvalue weighted by Crippen LogP contribution is -2.20. The SMILES string of the molecule is CC/C(=C\CC1CC=C(C)C1(C)C)C(O)c1cc(OC)ccc1CC1CC1. The molecule has 1 aromatic rings. The van der Waals surface area contributed by atoms with Crippen molar-refractivity contribution in [1.29, 1.82) is 0 Å². The third kappa shape index (κ3) is 4.48. The molecule has 1 N–H and O–H groups in total. The van der Waals surface area contributed by atoms with Crippen LogP contribution in [0.5, 0.6) is 5.75 Å². The summed E-state index contributed by atoms with van der Waals surface area (Å²) in [5.74, 6) is 2.25. The van der Waals surface area contributed by atoms with Crippen LogP contribution in [0.4, 0.5) is 0 Å². The van der Waals surface area contributed by atoms with Gasteiger partial charge < -0.3 is 9.84 Å². The van der Waals surface area contributed by atoms with Gasteiger partial charge in [0.05, 0.1) is 7.11 Å². The maximum Gasteiger partial charge on any atom is 0.119 e. The Morgan fingerprint density at radius 3 is 2.63 bits per heavy atom. The molecular weight excluding hydrogens is 332 g/mol. The second-order valence-corrected chi connectivity index (χ2v) is 9.02. The van der Waals surface area contributed by atoms with Gasteiger partial charge in [-0.15, -0.1) is 0 Å². The smallest absolute Gasteiger partial charge is 0.119 e. The Balaban J connectivity index is 1.80. The Morgan fingerprint density at radius 1 is 1.33 bits per heavy atom. The normalized spacial score (nSPS) is 23.3. The predicted octanol–water partition coefficient (Wildman–Crippen LogP) is 6.40. The van der Waals surface area contributed by atoms with Gasteiger partial charge in [-0.1, -0.05) is 44.6 Å². The summed E-state index contributed by atoms with van der Waals surface area (Å²) in [6.07, 6.45) is 10.9. The molecule has 3 rings (SSSR count). The van der Waals surface area contributed by atoms with Crippen molar-refractivity contribution in [3.05, 3.63) is 52.6 Å². The minimum atomic E-state index is -0.530. The van der Waals surface area contributed by atoms with Gasteiger partial charge in [0.15, 0.2) is 0 Å². The van der Waals surface area contributed by atoms with Crippen LogP contribution in [0.2, 0.25) is 0 Å². The molecule has 2 aliphatic rings. The molecule has 0 saturated heterocycles. The fourth-order valence-electron chi connectivity index (χ4n) is 4.31. The fraction of sp³-hybridized carbons (Fsp3) is 0.600. The monoisotopic (exact) mass is 368 g/mol. The van der Waals surface area contributed by atoms with E-state index in [0.29, 0.717) is 5.92 Å². The molecule has 2 heteroatoms. The summed E-state index contributed by atoms with van der Waals surface area (Å²) in [7, 11) is 1.69. The van der Waals surface area contributed by atoms with Crippen molar-refractivity contribution in [2.75, 3.05) is 7.11 Å². The topological polar surface area (TPSA) is 29.5 Å². The van der Waals surface area contributed by atoms with E-state index in [0.717, 1.165) is 48.5 Å². The van der Waals surface area contributed by atoms with Crippen molar-refractivity contribution in [2.45, 2.75) is 72.3 Å². The van der Waals surface area contributed by atoms with E-state index in [1.165, 1.54) is 24.0 Å². The van der Waals surface area contributed by atoms with Gasteiger partial charge in [-0.25, -0.2) is 0 Å². The van der Waals surface area contributed by atoms with Crippen molar-refractivity contribution in [2.24, 2.45) is 17.3 Å². The van der Waals surface area contributed by atoms with Crippen molar-refractivity contribution in [3.63, 3.8) is 0 Å². The molecule has 0 aromatic heterocycles. The molecule has 0 bridgehead atoms. The number of aliphatic hydroxyl groups excluding tert-OH is 1. The number of aliphatic hydroxyl groups is 1. The predicted molar refractivity (Wildman–Crippen MR) is 113 cm³/mol. The number of ether oxygens (including phenoxy) is 1. The van der Waals surface area contributed by atoms with Gasteiger partial charge in [-0.3, -0.25) is 0 Å². The lowest BCUT2D eigenvalue weighted by molar-refractivity contribution is 0.208. The molecule has 2 atom stereocenters. The van der Waals surface area contributed by atoms with Crippen LogP contribution in [0.15, 0.2) is 41.5 Å². The molecule has 1 saturated carbocycles. The van der Waals surface area contributed by atoms with Crippen LogP contribution < -0.4 is 4.74 Å². The summed E-state index contributed by atoms with van der Waals surface area (Å²) in [6.45, 7) is 9.10. The summed E-state index contributed by atoms with van der Waals surface area (Å²) < 4.78 is 5.44. The van der Waals surface area contributed by atoms with E-state index in [1.807, 2.05) is 12.1 Å². The minimum Gasteiger partial charge on any atom is -0.497 e. The second kappa shape index (κ2) is 8.22. The number of hydrogen-bond donors (Lipinski definition) is 1. The van der Waals surface area contributed by atoms with E-state index in [4.69, 9.17) is 4.74 Å². The lowest BCUT2D eigenvalue weighted by atomic mass is 9.76. The number of methoxy groups -OCH3 is 1. The minimum absolute atomic E-state index is 0.257. The largest absolute Gasteiger partial charge is 0.497 e. The molecule has 1 aromatic carbocycles. The molecule has 0 heterocycles. The summed E-state index contributed by atoms with van der Waals surface area (Å²) in [4.78, 5) is 0. The Hall–Kier alpha value is -1.54. The van der Waals surface area contributed by atoms with Crippen LogP contribution >= 0.6 is 0 Å². The van der Waals surface area contributed by atoms with Crippen molar-refractivity contribution in [1.82, 2.24) is 0 Å². The van der Waals surface area contributed by atoms with Gasteiger partial charge in [-0.2, -0.15) is 0 Å². The van der Waals surface area contributed by atoms with Crippen LogP contribution in [0.1, 0.15) is 77.0 Å². The highest BCUT2D eigenvalue weighted by atomic mass is 16.5. The van der Waals surface area contributed by atoms with Crippen LogP contribution in [0.25, 0.3) is 0 Å². The van der Waals surface area contributed by atoms with Crippen molar-refractivity contribution >= 4 is 0 Å². The lowest BCUT2D eigenvalue weighted by Gasteiger charge is -2.29. The molecule has 148 valence electrons. The van der Waals surface area contributed by atoms with E-state index < -0.39 is 6.10 Å². The first-order chi connectivity index (χ1) is 12.9. The van der Waals surface area contributed by atoms with E-state index in [2.05, 4.69) is 45.9 Å². The summed E-state index contributed by atoms with van der Waals surface area (Å²) >= 11 is 0. The zero-order chi connectivity index (χ0) is 19.6. The molecule has 2 unspecified atom stereocenters. The van der Waals surface area contributed by atoms with Gasteiger partial charge in [0.25, 0.3) is 0 Å². The first-order valence-corrected chi connectivity index (χ1v) is 10.6. The number of allylic oxidation sites excluding steroid dienone is 3. The number of hydrogen-bond acceptors (Lipinski definition) is 2. The van der Waals surface area contributed by atoms with Gasteiger partial charge in [0.2, 0.25) is 0 Å². The quantitative estimate of drug-likeness (QED) is 0.538. The van der Waals surface area contributed by atoms with Gasteiger partial charge in [-0.05, 0) is 91.5 Å². The van der Waals surface area contributed by atoms with E-state index >= 15 is 0 Å². The molecule has 2 aliphatic carbocycles. The molecule has 2 nitrogen and oxygen atoms in total. The molecule has 0 aliphatic heterocycles. The standard InChI is InChI=1S/C25H36O2/c1-6-19(10-13-21-12-7-17(2)25(21,3)4)24(26)23-16-22(27-5)14-11-20(23)15-18-8-9-18/h7,10-11,14,16,18,21,24,26H,6,8-9,12-13,15H2,1-5H3/b19-10+. The highest BCUT2D eigenvalue weighted by molar-refractivity contribution is 5.41. The van der Waals surface area contributed by atoms with E-state index in [9.17, 15) is 5.11 Å². The first-order valence-electron chi connectivity index (χ1n) is 10.6. The third-order valence-corrected chi connectivity index (χ3v) is 7.02. The van der Waals surface area contributed by atoms with Crippen LogP contribution in [-0.4, -0.2) is 12.2 Å². The Morgan fingerprint density at radius 2 is 2.07 bits per heavy atom. The van der Waals surface area contributed by atoms with Gasteiger partial charge in [0, 0.05) is 0 Å². The molecule has 0 spiro atoms. The zero-order valence-electron chi connectivity index (χ0n) is 17.7. The highest BCUT2D eigenvalue weighted by Gasteiger charge is 2.34. The maximum absolute atomic E-state index is 11.2. The second-order valence-electron chi connectivity index (χ2n) is 9.02. The van der Waals surface area contributed by atoms with E-state index in [-0.39, 0.29) is 5.41 Å².